The lowest BCUT2D eigenvalue weighted by molar-refractivity contribution is -0.117. The van der Waals surface area contributed by atoms with Crippen molar-refractivity contribution in [3.05, 3.63) is 64.7 Å². The summed E-state index contributed by atoms with van der Waals surface area (Å²) < 4.78 is 0. The maximum absolute atomic E-state index is 12.6. The summed E-state index contributed by atoms with van der Waals surface area (Å²) >= 11 is 0. The zero-order valence-corrected chi connectivity index (χ0v) is 16.8. The van der Waals surface area contributed by atoms with E-state index >= 15 is 0 Å². The minimum Gasteiger partial charge on any atom is -0.366 e. The highest BCUT2D eigenvalue weighted by Crippen LogP contribution is 2.19. The van der Waals surface area contributed by atoms with E-state index in [-0.39, 0.29) is 11.8 Å². The minimum atomic E-state index is -0.517. The highest BCUT2D eigenvalue weighted by Gasteiger charge is 2.23. The first-order valence-electron chi connectivity index (χ1n) is 9.62. The Balaban J connectivity index is 1.51. The molecule has 2 aromatic rings. The van der Waals surface area contributed by atoms with Crippen LogP contribution in [0.25, 0.3) is 0 Å². The topological polar surface area (TPSA) is 95.7 Å². The van der Waals surface area contributed by atoms with Crippen molar-refractivity contribution >= 4 is 23.4 Å². The molecule has 0 bridgehead atoms. The van der Waals surface area contributed by atoms with Gasteiger partial charge in [0.25, 0.3) is 5.91 Å². The van der Waals surface area contributed by atoms with Crippen molar-refractivity contribution in [2.75, 3.05) is 38.0 Å². The number of amides is 3. The molecular formula is C22H26N4O3. The third-order valence-corrected chi connectivity index (χ3v) is 5.19. The quantitative estimate of drug-likeness (QED) is 0.808. The molecule has 152 valence electrons. The molecule has 1 heterocycles. The van der Waals surface area contributed by atoms with Gasteiger partial charge in [0.05, 0.1) is 6.54 Å². The fourth-order valence-electron chi connectivity index (χ4n) is 3.46. The van der Waals surface area contributed by atoms with Crippen LogP contribution in [0.2, 0.25) is 0 Å². The monoisotopic (exact) mass is 394 g/mol. The number of benzene rings is 2. The summed E-state index contributed by atoms with van der Waals surface area (Å²) in [6, 6.07) is 12.3. The van der Waals surface area contributed by atoms with E-state index in [0.29, 0.717) is 43.9 Å². The third kappa shape index (κ3) is 5.00. The number of hydrogen-bond donors (Lipinski definition) is 2. The summed E-state index contributed by atoms with van der Waals surface area (Å²) in [6.45, 7) is 6.60. The van der Waals surface area contributed by atoms with Crippen LogP contribution in [0.1, 0.15) is 31.8 Å². The van der Waals surface area contributed by atoms with E-state index in [1.807, 2.05) is 36.9 Å². The van der Waals surface area contributed by atoms with Gasteiger partial charge in [-0.25, -0.2) is 0 Å². The number of anilines is 1. The summed E-state index contributed by atoms with van der Waals surface area (Å²) in [5.41, 5.74) is 9.07. The summed E-state index contributed by atoms with van der Waals surface area (Å²) in [5, 5.41) is 3.00. The van der Waals surface area contributed by atoms with Crippen LogP contribution in [0.3, 0.4) is 0 Å². The van der Waals surface area contributed by atoms with Crippen LogP contribution in [0.15, 0.2) is 42.5 Å². The Hall–Kier alpha value is -3.19. The molecule has 1 aliphatic heterocycles. The number of rotatable bonds is 5. The highest BCUT2D eigenvalue weighted by molar-refractivity contribution is 5.97. The summed E-state index contributed by atoms with van der Waals surface area (Å²) in [4.78, 5) is 40.0. The summed E-state index contributed by atoms with van der Waals surface area (Å²) in [6.07, 6.45) is 0. The van der Waals surface area contributed by atoms with Crippen molar-refractivity contribution in [1.82, 2.24) is 9.80 Å². The molecule has 0 spiro atoms. The van der Waals surface area contributed by atoms with Crippen LogP contribution >= 0.6 is 0 Å². The molecule has 7 heteroatoms. The zero-order chi connectivity index (χ0) is 21.0. The van der Waals surface area contributed by atoms with Crippen molar-refractivity contribution in [2.24, 2.45) is 5.73 Å². The molecule has 0 radical (unpaired) electrons. The molecule has 3 N–H and O–H groups in total. The standard InChI is InChI=1S/C22H26N4O3/c1-15-4-3-5-16(2)20(15)24-19(27)14-25-10-12-26(13-11-25)22(29)18-8-6-17(7-9-18)21(23)28/h3-9H,10-14H2,1-2H3,(H2,23,28)(H,24,27). The van der Waals surface area contributed by atoms with Gasteiger partial charge >= 0.3 is 0 Å². The minimum absolute atomic E-state index is 0.0517. The van der Waals surface area contributed by atoms with Gasteiger partial charge in [-0.1, -0.05) is 18.2 Å². The SMILES string of the molecule is Cc1cccc(C)c1NC(=O)CN1CCN(C(=O)c2ccc(C(N)=O)cc2)CC1. The molecule has 3 amide bonds. The first-order valence-corrected chi connectivity index (χ1v) is 9.62. The number of aryl methyl sites for hydroxylation is 2. The lowest BCUT2D eigenvalue weighted by Gasteiger charge is -2.34. The van der Waals surface area contributed by atoms with Gasteiger partial charge < -0.3 is 16.0 Å². The van der Waals surface area contributed by atoms with E-state index in [9.17, 15) is 14.4 Å². The van der Waals surface area contributed by atoms with Gasteiger partial charge in [0.1, 0.15) is 0 Å². The predicted molar refractivity (Wildman–Crippen MR) is 112 cm³/mol. The molecule has 2 aromatic carbocycles. The third-order valence-electron chi connectivity index (χ3n) is 5.19. The van der Waals surface area contributed by atoms with Gasteiger partial charge in [-0.05, 0) is 49.2 Å². The van der Waals surface area contributed by atoms with Gasteiger partial charge in [-0.3, -0.25) is 19.3 Å². The molecule has 3 rings (SSSR count). The van der Waals surface area contributed by atoms with E-state index in [0.717, 1.165) is 16.8 Å². The van der Waals surface area contributed by atoms with Gasteiger partial charge in [0.15, 0.2) is 0 Å². The van der Waals surface area contributed by atoms with Crippen molar-refractivity contribution in [3.63, 3.8) is 0 Å². The van der Waals surface area contributed by atoms with E-state index in [1.54, 1.807) is 29.2 Å². The molecule has 1 fully saturated rings. The Labute approximate surface area is 170 Å². The van der Waals surface area contributed by atoms with Crippen molar-refractivity contribution in [1.29, 1.82) is 0 Å². The molecule has 1 aliphatic rings. The fraction of sp³-hybridized carbons (Fsp3) is 0.318. The maximum Gasteiger partial charge on any atom is 0.253 e. The second kappa shape index (κ2) is 8.87. The maximum atomic E-state index is 12.6. The number of para-hydroxylation sites is 1. The summed E-state index contributed by atoms with van der Waals surface area (Å²) in [5.74, 6) is -0.651. The summed E-state index contributed by atoms with van der Waals surface area (Å²) in [7, 11) is 0. The number of nitrogens with two attached hydrogens (primary N) is 1. The smallest absolute Gasteiger partial charge is 0.253 e. The number of hydrogen-bond acceptors (Lipinski definition) is 4. The van der Waals surface area contributed by atoms with E-state index in [2.05, 4.69) is 5.32 Å². The lowest BCUT2D eigenvalue weighted by Crippen LogP contribution is -2.50. The van der Waals surface area contributed by atoms with Crippen LogP contribution in [0.5, 0.6) is 0 Å². The molecule has 0 aromatic heterocycles. The lowest BCUT2D eigenvalue weighted by atomic mass is 10.1. The Morgan fingerprint density at radius 1 is 0.897 bits per heavy atom. The van der Waals surface area contributed by atoms with E-state index in [4.69, 9.17) is 5.73 Å². The number of nitrogens with one attached hydrogen (secondary N) is 1. The van der Waals surface area contributed by atoms with Crippen molar-refractivity contribution < 1.29 is 14.4 Å². The average Bonchev–Trinajstić information content (AvgIpc) is 2.71. The number of nitrogens with zero attached hydrogens (tertiary/aromatic N) is 2. The first kappa shape index (κ1) is 20.5. The molecule has 0 unspecified atom stereocenters. The number of primary amides is 1. The second-order valence-electron chi connectivity index (χ2n) is 7.32. The molecule has 1 saturated heterocycles. The highest BCUT2D eigenvalue weighted by atomic mass is 16.2. The largest absolute Gasteiger partial charge is 0.366 e. The number of carbonyl (C=O) groups is 3. The fourth-order valence-corrected chi connectivity index (χ4v) is 3.46. The average molecular weight is 394 g/mol. The van der Waals surface area contributed by atoms with Gasteiger partial charge in [-0.2, -0.15) is 0 Å². The molecular weight excluding hydrogens is 368 g/mol. The van der Waals surface area contributed by atoms with E-state index in [1.165, 1.54) is 0 Å². The molecule has 0 aliphatic carbocycles. The van der Waals surface area contributed by atoms with Crippen LogP contribution in [-0.4, -0.2) is 60.2 Å². The molecule has 0 atom stereocenters. The Kier molecular flexibility index (Phi) is 6.29. The second-order valence-corrected chi connectivity index (χ2v) is 7.32. The van der Waals surface area contributed by atoms with Crippen molar-refractivity contribution in [3.8, 4) is 0 Å². The van der Waals surface area contributed by atoms with Crippen LogP contribution < -0.4 is 11.1 Å². The van der Waals surface area contributed by atoms with Crippen LogP contribution in [0.4, 0.5) is 5.69 Å². The Bertz CT molecular complexity index is 896. The van der Waals surface area contributed by atoms with Gasteiger partial charge in [0.2, 0.25) is 11.8 Å². The normalized spacial score (nSPS) is 14.5. The Morgan fingerprint density at radius 3 is 2.00 bits per heavy atom. The van der Waals surface area contributed by atoms with Gasteiger partial charge in [-0.15, -0.1) is 0 Å². The Morgan fingerprint density at radius 2 is 1.45 bits per heavy atom. The van der Waals surface area contributed by atoms with Crippen LogP contribution in [0, 0.1) is 13.8 Å². The predicted octanol–water partition coefficient (Wildman–Crippen LogP) is 1.80. The van der Waals surface area contributed by atoms with Crippen LogP contribution in [-0.2, 0) is 4.79 Å². The molecule has 29 heavy (non-hydrogen) atoms. The number of carbonyl (C=O) groups excluding carboxylic acids is 3. The van der Waals surface area contributed by atoms with Crippen molar-refractivity contribution in [2.45, 2.75) is 13.8 Å². The molecule has 7 nitrogen and oxygen atoms in total. The van der Waals surface area contributed by atoms with E-state index < -0.39 is 5.91 Å². The number of piperazine rings is 1. The van der Waals surface area contributed by atoms with Gasteiger partial charge in [0, 0.05) is 43.0 Å². The zero-order valence-electron chi connectivity index (χ0n) is 16.8. The first-order chi connectivity index (χ1) is 13.8. The molecule has 0 saturated carbocycles.